The van der Waals surface area contributed by atoms with Crippen molar-refractivity contribution < 1.29 is 4.74 Å². The number of ether oxygens (including phenoxy) is 1. The third-order valence-electron chi connectivity index (χ3n) is 3.07. The summed E-state index contributed by atoms with van der Waals surface area (Å²) in [7, 11) is 0. The Labute approximate surface area is 125 Å². The van der Waals surface area contributed by atoms with Crippen LogP contribution in [0.25, 0.3) is 0 Å². The van der Waals surface area contributed by atoms with E-state index in [1.54, 1.807) is 11.3 Å². The van der Waals surface area contributed by atoms with Crippen molar-refractivity contribution in [3.8, 4) is 5.75 Å². The van der Waals surface area contributed by atoms with E-state index in [9.17, 15) is 0 Å². The predicted molar refractivity (Wildman–Crippen MR) is 84.6 cm³/mol. The summed E-state index contributed by atoms with van der Waals surface area (Å²) in [4.78, 5) is 5.72. The molecule has 108 valence electrons. The van der Waals surface area contributed by atoms with Crippen LogP contribution in [0.3, 0.4) is 0 Å². The molecule has 1 N–H and O–H groups in total. The molecule has 0 fully saturated rings. The van der Waals surface area contributed by atoms with Gasteiger partial charge in [-0.25, -0.2) is 4.98 Å². The van der Waals surface area contributed by atoms with Crippen LogP contribution in [0.5, 0.6) is 5.75 Å². The van der Waals surface area contributed by atoms with Gasteiger partial charge in [0.1, 0.15) is 5.75 Å². The van der Waals surface area contributed by atoms with Crippen molar-refractivity contribution in [2.75, 3.05) is 13.2 Å². The Morgan fingerprint density at radius 1 is 1.30 bits per heavy atom. The van der Waals surface area contributed by atoms with E-state index in [2.05, 4.69) is 49.3 Å². The molecule has 20 heavy (non-hydrogen) atoms. The van der Waals surface area contributed by atoms with Crippen LogP contribution < -0.4 is 10.1 Å². The number of nitrogens with zero attached hydrogens (tertiary/aromatic N) is 1. The van der Waals surface area contributed by atoms with Crippen molar-refractivity contribution in [2.45, 2.75) is 33.7 Å². The standard InChI is InChI=1S/C16H22N2OS/c1-4-17-10-14-11-18-16(20-14)7-8-19-15-9-12(2)5-6-13(15)3/h5-6,9,11,17H,4,7-8,10H2,1-3H3. The molecule has 0 unspecified atom stereocenters. The minimum absolute atomic E-state index is 0.679. The van der Waals surface area contributed by atoms with Gasteiger partial charge in [-0.05, 0) is 37.6 Å². The predicted octanol–water partition coefficient (Wildman–Crippen LogP) is 3.49. The molecule has 0 spiro atoms. The van der Waals surface area contributed by atoms with Gasteiger partial charge in [0, 0.05) is 24.0 Å². The molecule has 0 radical (unpaired) electrons. The van der Waals surface area contributed by atoms with Crippen LogP contribution in [0, 0.1) is 13.8 Å². The van der Waals surface area contributed by atoms with Gasteiger partial charge in [0.2, 0.25) is 0 Å². The highest BCUT2D eigenvalue weighted by molar-refractivity contribution is 7.11. The number of hydrogen-bond donors (Lipinski definition) is 1. The average Bonchev–Trinajstić information content (AvgIpc) is 2.88. The SMILES string of the molecule is CCNCc1cnc(CCOc2cc(C)ccc2C)s1. The highest BCUT2D eigenvalue weighted by Crippen LogP contribution is 2.20. The molecule has 0 atom stereocenters. The molecule has 4 heteroatoms. The topological polar surface area (TPSA) is 34.2 Å². The highest BCUT2D eigenvalue weighted by Gasteiger charge is 2.04. The summed E-state index contributed by atoms with van der Waals surface area (Å²) < 4.78 is 5.86. The number of nitrogens with one attached hydrogen (secondary N) is 1. The Morgan fingerprint density at radius 3 is 2.95 bits per heavy atom. The first-order chi connectivity index (χ1) is 9.69. The van der Waals surface area contributed by atoms with Gasteiger partial charge in [0.05, 0.1) is 11.6 Å². The zero-order valence-electron chi connectivity index (χ0n) is 12.4. The maximum absolute atomic E-state index is 5.86. The largest absolute Gasteiger partial charge is 0.493 e. The lowest BCUT2D eigenvalue weighted by Crippen LogP contribution is -2.10. The fraction of sp³-hybridized carbons (Fsp3) is 0.438. The maximum Gasteiger partial charge on any atom is 0.122 e. The van der Waals surface area contributed by atoms with Gasteiger partial charge in [0.15, 0.2) is 0 Å². The molecule has 1 aromatic heterocycles. The smallest absolute Gasteiger partial charge is 0.122 e. The number of rotatable bonds is 7. The zero-order chi connectivity index (χ0) is 14.4. The Balaban J connectivity index is 1.83. The zero-order valence-corrected chi connectivity index (χ0v) is 13.2. The van der Waals surface area contributed by atoms with Crippen LogP contribution in [-0.2, 0) is 13.0 Å². The van der Waals surface area contributed by atoms with Crippen molar-refractivity contribution >= 4 is 11.3 Å². The minimum Gasteiger partial charge on any atom is -0.493 e. The number of hydrogen-bond acceptors (Lipinski definition) is 4. The van der Waals surface area contributed by atoms with Gasteiger partial charge in [-0.3, -0.25) is 0 Å². The summed E-state index contributed by atoms with van der Waals surface area (Å²) in [6.07, 6.45) is 2.82. The normalized spacial score (nSPS) is 10.8. The van der Waals surface area contributed by atoms with E-state index in [1.807, 2.05) is 6.20 Å². The van der Waals surface area contributed by atoms with Crippen LogP contribution in [0.4, 0.5) is 0 Å². The van der Waals surface area contributed by atoms with E-state index in [-0.39, 0.29) is 0 Å². The summed E-state index contributed by atoms with van der Waals surface area (Å²) >= 11 is 1.76. The fourth-order valence-corrected chi connectivity index (χ4v) is 2.78. The van der Waals surface area contributed by atoms with E-state index < -0.39 is 0 Å². The summed E-state index contributed by atoms with van der Waals surface area (Å²) in [6, 6.07) is 6.30. The lowest BCUT2D eigenvalue weighted by atomic mass is 10.1. The lowest BCUT2D eigenvalue weighted by Gasteiger charge is -2.08. The molecule has 3 nitrogen and oxygen atoms in total. The molecule has 0 aliphatic carbocycles. The minimum atomic E-state index is 0.679. The Morgan fingerprint density at radius 2 is 2.15 bits per heavy atom. The molecular weight excluding hydrogens is 268 g/mol. The van der Waals surface area contributed by atoms with Crippen molar-refractivity contribution in [1.82, 2.24) is 10.3 Å². The van der Waals surface area contributed by atoms with Crippen LogP contribution in [0.2, 0.25) is 0 Å². The monoisotopic (exact) mass is 290 g/mol. The molecule has 0 bridgehead atoms. The molecule has 2 rings (SSSR count). The van der Waals surface area contributed by atoms with Gasteiger partial charge in [-0.1, -0.05) is 19.1 Å². The van der Waals surface area contributed by atoms with E-state index in [4.69, 9.17) is 4.74 Å². The highest BCUT2D eigenvalue weighted by atomic mass is 32.1. The van der Waals surface area contributed by atoms with Crippen molar-refractivity contribution in [1.29, 1.82) is 0 Å². The number of thiazole rings is 1. The molecule has 2 aromatic rings. The number of benzene rings is 1. The van der Waals surface area contributed by atoms with Crippen LogP contribution in [-0.4, -0.2) is 18.1 Å². The molecular formula is C16H22N2OS. The first kappa shape index (κ1) is 15.0. The second-order valence-electron chi connectivity index (χ2n) is 4.87. The van der Waals surface area contributed by atoms with Gasteiger partial charge < -0.3 is 10.1 Å². The van der Waals surface area contributed by atoms with E-state index in [0.29, 0.717) is 6.61 Å². The Kier molecular flexibility index (Phi) is 5.56. The van der Waals surface area contributed by atoms with Gasteiger partial charge >= 0.3 is 0 Å². The number of aromatic nitrogens is 1. The maximum atomic E-state index is 5.86. The fourth-order valence-electron chi connectivity index (χ4n) is 1.90. The van der Waals surface area contributed by atoms with Crippen molar-refractivity contribution in [2.24, 2.45) is 0 Å². The second kappa shape index (κ2) is 7.41. The second-order valence-corrected chi connectivity index (χ2v) is 6.07. The average molecular weight is 290 g/mol. The summed E-state index contributed by atoms with van der Waals surface area (Å²) in [5, 5.41) is 4.45. The van der Waals surface area contributed by atoms with Gasteiger partial charge in [-0.15, -0.1) is 11.3 Å². The van der Waals surface area contributed by atoms with Crippen molar-refractivity contribution in [3.05, 3.63) is 45.4 Å². The molecule has 1 heterocycles. The van der Waals surface area contributed by atoms with Gasteiger partial charge in [0.25, 0.3) is 0 Å². The summed E-state index contributed by atoms with van der Waals surface area (Å²) in [5.74, 6) is 0.981. The molecule has 0 saturated carbocycles. The first-order valence-corrected chi connectivity index (χ1v) is 7.85. The van der Waals surface area contributed by atoms with Crippen LogP contribution >= 0.6 is 11.3 Å². The Hall–Kier alpha value is -1.39. The van der Waals surface area contributed by atoms with Crippen molar-refractivity contribution in [3.63, 3.8) is 0 Å². The van der Waals surface area contributed by atoms with E-state index in [0.717, 1.165) is 30.3 Å². The third kappa shape index (κ3) is 4.32. The Bertz CT molecular complexity index is 551. The summed E-state index contributed by atoms with van der Waals surface area (Å²) in [6.45, 7) is 8.85. The quantitative estimate of drug-likeness (QED) is 0.847. The van der Waals surface area contributed by atoms with Crippen LogP contribution in [0.1, 0.15) is 27.9 Å². The third-order valence-corrected chi connectivity index (χ3v) is 4.12. The first-order valence-electron chi connectivity index (χ1n) is 7.03. The van der Waals surface area contributed by atoms with Gasteiger partial charge in [-0.2, -0.15) is 0 Å². The summed E-state index contributed by atoms with van der Waals surface area (Å²) in [5.41, 5.74) is 2.41. The number of aryl methyl sites for hydroxylation is 2. The lowest BCUT2D eigenvalue weighted by molar-refractivity contribution is 0.319. The molecule has 0 saturated heterocycles. The van der Waals surface area contributed by atoms with Crippen LogP contribution in [0.15, 0.2) is 24.4 Å². The van der Waals surface area contributed by atoms with E-state index >= 15 is 0 Å². The molecule has 0 aliphatic heterocycles. The van der Waals surface area contributed by atoms with E-state index in [1.165, 1.54) is 16.0 Å². The molecule has 0 amide bonds. The molecule has 0 aliphatic rings. The molecule has 1 aromatic carbocycles.